The predicted octanol–water partition coefficient (Wildman–Crippen LogP) is 3.39. The van der Waals surface area contributed by atoms with Crippen molar-refractivity contribution >= 4 is 6.08 Å². The van der Waals surface area contributed by atoms with E-state index in [9.17, 15) is 13.6 Å². The molecule has 0 aliphatic rings. The highest BCUT2D eigenvalue weighted by atomic mass is 19.1. The molecule has 2 nitrogen and oxygen atoms in total. The van der Waals surface area contributed by atoms with Gasteiger partial charge in [0.1, 0.15) is 17.7 Å². The molecule has 1 atom stereocenters. The van der Waals surface area contributed by atoms with E-state index < -0.39 is 17.7 Å². The molecule has 0 heterocycles. The van der Waals surface area contributed by atoms with Crippen LogP contribution >= 0.6 is 0 Å². The monoisotopic (exact) mass is 245 g/mol. The van der Waals surface area contributed by atoms with Gasteiger partial charge < -0.3 is 0 Å². The Balaban J connectivity index is 2.59. The van der Waals surface area contributed by atoms with E-state index in [1.807, 2.05) is 0 Å². The molecule has 0 fully saturated rings. The van der Waals surface area contributed by atoms with Crippen LogP contribution in [-0.4, -0.2) is 6.08 Å². The summed E-state index contributed by atoms with van der Waals surface area (Å²) in [6.45, 7) is 0. The van der Waals surface area contributed by atoms with Crippen molar-refractivity contribution in [3.63, 3.8) is 0 Å². The highest BCUT2D eigenvalue weighted by Crippen LogP contribution is 2.29. The molecule has 4 heteroatoms. The minimum atomic E-state index is -1.01. The van der Waals surface area contributed by atoms with E-state index in [4.69, 9.17) is 0 Å². The summed E-state index contributed by atoms with van der Waals surface area (Å²) < 4.78 is 27.4. The van der Waals surface area contributed by atoms with Gasteiger partial charge in [-0.3, -0.25) is 0 Å². The summed E-state index contributed by atoms with van der Waals surface area (Å²) in [4.78, 5) is 13.9. The van der Waals surface area contributed by atoms with Crippen molar-refractivity contribution in [2.75, 3.05) is 0 Å². The first-order valence-corrected chi connectivity index (χ1v) is 5.30. The molecular weight excluding hydrogens is 236 g/mol. The van der Waals surface area contributed by atoms with Gasteiger partial charge in [0.2, 0.25) is 6.08 Å². The molecule has 0 bridgehead atoms. The molecule has 1 unspecified atom stereocenters. The van der Waals surface area contributed by atoms with Crippen LogP contribution in [-0.2, 0) is 4.79 Å². The van der Waals surface area contributed by atoms with Crippen molar-refractivity contribution in [1.29, 1.82) is 0 Å². The van der Waals surface area contributed by atoms with Gasteiger partial charge in [0.05, 0.1) is 5.56 Å². The van der Waals surface area contributed by atoms with Gasteiger partial charge in [0.25, 0.3) is 0 Å². The van der Waals surface area contributed by atoms with E-state index in [-0.39, 0.29) is 5.56 Å². The minimum Gasteiger partial charge on any atom is -0.211 e. The molecule has 0 saturated heterocycles. The van der Waals surface area contributed by atoms with E-state index in [1.54, 1.807) is 30.3 Å². The molecule has 18 heavy (non-hydrogen) atoms. The lowest BCUT2D eigenvalue weighted by atomic mass is 9.98. The summed E-state index contributed by atoms with van der Waals surface area (Å²) >= 11 is 0. The Bertz CT molecular complexity index is 572. The summed E-state index contributed by atoms with van der Waals surface area (Å²) in [6, 6.07) is 11.0. The molecule has 90 valence electrons. The number of benzene rings is 2. The second-order valence-corrected chi connectivity index (χ2v) is 3.67. The van der Waals surface area contributed by atoms with Crippen LogP contribution in [0.25, 0.3) is 0 Å². The Morgan fingerprint density at radius 1 is 0.944 bits per heavy atom. The second-order valence-electron chi connectivity index (χ2n) is 3.67. The average Bonchev–Trinajstić information content (AvgIpc) is 2.38. The number of hydrogen-bond donors (Lipinski definition) is 0. The smallest absolute Gasteiger partial charge is 0.211 e. The first kappa shape index (κ1) is 12.1. The third kappa shape index (κ3) is 2.34. The molecule has 0 aliphatic carbocycles. The zero-order chi connectivity index (χ0) is 13.0. The van der Waals surface area contributed by atoms with Gasteiger partial charge in [-0.2, -0.15) is 4.99 Å². The normalized spacial score (nSPS) is 11.7. The third-order valence-electron chi connectivity index (χ3n) is 2.57. The fraction of sp³-hybridized carbons (Fsp3) is 0.0714. The van der Waals surface area contributed by atoms with Crippen LogP contribution in [0.5, 0.6) is 0 Å². The van der Waals surface area contributed by atoms with Gasteiger partial charge in [-0.1, -0.05) is 36.4 Å². The number of halogens is 2. The summed E-state index contributed by atoms with van der Waals surface area (Å²) in [5.41, 5.74) is 0.289. The summed E-state index contributed by atoms with van der Waals surface area (Å²) in [5.74, 6) is -1.47. The molecule has 0 saturated carbocycles. The van der Waals surface area contributed by atoms with Crippen molar-refractivity contribution in [2.45, 2.75) is 6.04 Å². The van der Waals surface area contributed by atoms with Crippen molar-refractivity contribution in [2.24, 2.45) is 4.99 Å². The van der Waals surface area contributed by atoms with E-state index in [2.05, 4.69) is 4.99 Å². The molecule has 2 aromatic carbocycles. The van der Waals surface area contributed by atoms with Gasteiger partial charge in [0, 0.05) is 0 Å². The summed E-state index contributed by atoms with van der Waals surface area (Å²) in [7, 11) is 0. The number of isocyanates is 1. The van der Waals surface area contributed by atoms with Gasteiger partial charge >= 0.3 is 0 Å². The number of aliphatic imine (C=N–C) groups is 1. The zero-order valence-corrected chi connectivity index (χ0v) is 9.31. The lowest BCUT2D eigenvalue weighted by Crippen LogP contribution is -2.04. The van der Waals surface area contributed by atoms with E-state index in [0.717, 1.165) is 12.1 Å². The van der Waals surface area contributed by atoms with Crippen LogP contribution < -0.4 is 0 Å². The molecule has 0 N–H and O–H groups in total. The van der Waals surface area contributed by atoms with Crippen LogP contribution in [0.2, 0.25) is 0 Å². The minimum absolute atomic E-state index is 0.243. The van der Waals surface area contributed by atoms with Crippen LogP contribution in [0.4, 0.5) is 8.78 Å². The van der Waals surface area contributed by atoms with E-state index in [1.165, 1.54) is 12.1 Å². The van der Waals surface area contributed by atoms with Crippen LogP contribution in [0.1, 0.15) is 17.2 Å². The number of hydrogen-bond acceptors (Lipinski definition) is 2. The standard InChI is InChI=1S/C14H9F2NO/c15-11-7-4-8-12(16)13(11)14(17-9-18)10-5-2-1-3-6-10/h1-8,14H. The van der Waals surface area contributed by atoms with Gasteiger partial charge in [0.15, 0.2) is 0 Å². The number of rotatable bonds is 3. The van der Waals surface area contributed by atoms with E-state index >= 15 is 0 Å². The van der Waals surface area contributed by atoms with Crippen molar-refractivity contribution in [3.05, 3.63) is 71.3 Å². The third-order valence-corrected chi connectivity index (χ3v) is 2.57. The first-order valence-electron chi connectivity index (χ1n) is 5.30. The maximum atomic E-state index is 13.7. The molecule has 2 rings (SSSR count). The highest BCUT2D eigenvalue weighted by Gasteiger charge is 2.21. The molecule has 0 radical (unpaired) electrons. The summed E-state index contributed by atoms with van der Waals surface area (Å²) in [6.07, 6.45) is 1.36. The Hall–Kier alpha value is -2.32. The van der Waals surface area contributed by atoms with Gasteiger partial charge in [-0.15, -0.1) is 0 Å². The molecule has 0 aliphatic heterocycles. The highest BCUT2D eigenvalue weighted by molar-refractivity contribution is 5.41. The quantitative estimate of drug-likeness (QED) is 0.602. The predicted molar refractivity (Wildman–Crippen MR) is 62.8 cm³/mol. The maximum Gasteiger partial charge on any atom is 0.235 e. The lowest BCUT2D eigenvalue weighted by Gasteiger charge is -2.13. The molecule has 2 aromatic rings. The average molecular weight is 245 g/mol. The number of carbonyl (C=O) groups excluding carboxylic acids is 1. The van der Waals surface area contributed by atoms with Crippen LogP contribution in [0.15, 0.2) is 53.5 Å². The van der Waals surface area contributed by atoms with Crippen LogP contribution in [0.3, 0.4) is 0 Å². The largest absolute Gasteiger partial charge is 0.235 e. The van der Waals surface area contributed by atoms with Crippen molar-refractivity contribution in [3.8, 4) is 0 Å². The molecule has 0 spiro atoms. The van der Waals surface area contributed by atoms with Crippen LogP contribution in [0, 0.1) is 11.6 Å². The van der Waals surface area contributed by atoms with Crippen molar-refractivity contribution < 1.29 is 13.6 Å². The van der Waals surface area contributed by atoms with E-state index in [0.29, 0.717) is 5.56 Å². The lowest BCUT2D eigenvalue weighted by molar-refractivity contribution is 0.537. The Morgan fingerprint density at radius 3 is 2.11 bits per heavy atom. The Labute approximate surface area is 103 Å². The second kappa shape index (κ2) is 5.34. The summed E-state index contributed by atoms with van der Waals surface area (Å²) in [5, 5.41) is 0. The number of nitrogens with zero attached hydrogens (tertiary/aromatic N) is 1. The molecular formula is C14H9F2NO. The van der Waals surface area contributed by atoms with Gasteiger partial charge in [-0.25, -0.2) is 13.6 Å². The Kier molecular flexibility index (Phi) is 3.60. The fourth-order valence-electron chi connectivity index (χ4n) is 1.77. The Morgan fingerprint density at radius 2 is 1.56 bits per heavy atom. The fourth-order valence-corrected chi connectivity index (χ4v) is 1.77. The van der Waals surface area contributed by atoms with Crippen molar-refractivity contribution in [1.82, 2.24) is 0 Å². The topological polar surface area (TPSA) is 29.4 Å². The SMILES string of the molecule is O=C=NC(c1ccccc1)c1c(F)cccc1F. The zero-order valence-electron chi connectivity index (χ0n) is 9.31. The molecule has 0 aromatic heterocycles. The van der Waals surface area contributed by atoms with Gasteiger partial charge in [-0.05, 0) is 17.7 Å². The molecule has 0 amide bonds. The maximum absolute atomic E-state index is 13.7. The first-order chi connectivity index (χ1) is 8.74.